The SMILES string of the molecule is CSc1ncc2ccc3c(C(=O)NCC4CCNCC4)[nH]nc3c2n1. The van der Waals surface area contributed by atoms with Crippen LogP contribution in [0.15, 0.2) is 23.5 Å². The van der Waals surface area contributed by atoms with Crippen LogP contribution in [0, 0.1) is 5.92 Å². The minimum atomic E-state index is -0.112. The minimum Gasteiger partial charge on any atom is -0.350 e. The molecule has 0 bridgehead atoms. The monoisotopic (exact) mass is 356 g/mol. The number of carbonyl (C=O) groups excluding carboxylic acids is 1. The maximum Gasteiger partial charge on any atom is 0.269 e. The zero-order valence-corrected chi connectivity index (χ0v) is 14.8. The molecule has 1 aromatic carbocycles. The number of H-pyrrole nitrogens is 1. The fourth-order valence-corrected chi connectivity index (χ4v) is 3.58. The largest absolute Gasteiger partial charge is 0.350 e. The van der Waals surface area contributed by atoms with Gasteiger partial charge >= 0.3 is 0 Å². The van der Waals surface area contributed by atoms with Crippen LogP contribution in [-0.4, -0.2) is 52.0 Å². The number of hydrogen-bond donors (Lipinski definition) is 3. The zero-order chi connectivity index (χ0) is 17.2. The molecule has 25 heavy (non-hydrogen) atoms. The van der Waals surface area contributed by atoms with Crippen molar-refractivity contribution in [2.45, 2.75) is 18.0 Å². The van der Waals surface area contributed by atoms with E-state index in [1.54, 1.807) is 6.20 Å². The summed E-state index contributed by atoms with van der Waals surface area (Å²) in [6, 6.07) is 3.84. The fourth-order valence-electron chi connectivity index (χ4n) is 3.24. The quantitative estimate of drug-likeness (QED) is 0.488. The molecule has 0 aliphatic carbocycles. The van der Waals surface area contributed by atoms with E-state index < -0.39 is 0 Å². The second kappa shape index (κ2) is 6.97. The lowest BCUT2D eigenvalue weighted by atomic mass is 9.98. The molecule has 7 nitrogen and oxygen atoms in total. The van der Waals surface area contributed by atoms with Crippen LogP contribution < -0.4 is 10.6 Å². The van der Waals surface area contributed by atoms with E-state index in [1.807, 2.05) is 18.4 Å². The molecule has 1 amide bonds. The molecule has 0 unspecified atom stereocenters. The van der Waals surface area contributed by atoms with Crippen LogP contribution in [0.4, 0.5) is 0 Å². The molecule has 0 spiro atoms. The van der Waals surface area contributed by atoms with Gasteiger partial charge in [-0.3, -0.25) is 9.89 Å². The molecule has 1 aliphatic heterocycles. The van der Waals surface area contributed by atoms with Gasteiger partial charge in [-0.25, -0.2) is 9.97 Å². The molecule has 3 N–H and O–H groups in total. The highest BCUT2D eigenvalue weighted by Crippen LogP contribution is 2.25. The van der Waals surface area contributed by atoms with E-state index in [9.17, 15) is 4.79 Å². The standard InChI is InChI=1S/C17H20N6OS/c1-25-17-20-9-11-2-3-12-14(13(11)21-17)22-23-15(12)16(24)19-8-10-4-6-18-7-5-10/h2-3,9-10,18H,4-8H2,1H3,(H,19,24)(H,22,23). The number of piperidine rings is 1. The molecule has 8 heteroatoms. The van der Waals surface area contributed by atoms with Crippen molar-refractivity contribution in [3.8, 4) is 0 Å². The smallest absolute Gasteiger partial charge is 0.269 e. The van der Waals surface area contributed by atoms with Gasteiger partial charge in [0.1, 0.15) is 16.7 Å². The third-order valence-electron chi connectivity index (χ3n) is 4.67. The van der Waals surface area contributed by atoms with Crippen molar-refractivity contribution >= 4 is 39.5 Å². The number of fused-ring (bicyclic) bond motifs is 3. The van der Waals surface area contributed by atoms with Gasteiger partial charge in [-0.05, 0) is 44.2 Å². The number of hydrogen-bond acceptors (Lipinski definition) is 6. The van der Waals surface area contributed by atoms with E-state index in [2.05, 4.69) is 30.8 Å². The second-order valence-electron chi connectivity index (χ2n) is 6.26. The van der Waals surface area contributed by atoms with Crippen molar-refractivity contribution in [3.63, 3.8) is 0 Å². The summed E-state index contributed by atoms with van der Waals surface area (Å²) in [5.74, 6) is 0.427. The highest BCUT2D eigenvalue weighted by atomic mass is 32.2. The van der Waals surface area contributed by atoms with Gasteiger partial charge in [0.25, 0.3) is 5.91 Å². The number of aromatic nitrogens is 4. The summed E-state index contributed by atoms with van der Waals surface area (Å²) in [6.45, 7) is 2.75. The van der Waals surface area contributed by atoms with Gasteiger partial charge in [-0.2, -0.15) is 5.10 Å². The van der Waals surface area contributed by atoms with Crippen LogP contribution in [0.3, 0.4) is 0 Å². The Hall–Kier alpha value is -2.19. The van der Waals surface area contributed by atoms with E-state index in [0.717, 1.165) is 42.2 Å². The molecule has 130 valence electrons. The summed E-state index contributed by atoms with van der Waals surface area (Å²) >= 11 is 1.48. The van der Waals surface area contributed by atoms with E-state index in [-0.39, 0.29) is 5.91 Å². The van der Waals surface area contributed by atoms with Crippen molar-refractivity contribution in [3.05, 3.63) is 24.0 Å². The zero-order valence-electron chi connectivity index (χ0n) is 14.0. The van der Waals surface area contributed by atoms with Gasteiger partial charge in [-0.1, -0.05) is 17.8 Å². The molecule has 3 heterocycles. The fraction of sp³-hybridized carbons (Fsp3) is 0.412. The van der Waals surface area contributed by atoms with E-state index in [4.69, 9.17) is 0 Å². The number of amides is 1. The number of aromatic amines is 1. The van der Waals surface area contributed by atoms with E-state index >= 15 is 0 Å². The van der Waals surface area contributed by atoms with Crippen LogP contribution in [0.25, 0.3) is 21.8 Å². The summed E-state index contributed by atoms with van der Waals surface area (Å²) in [5, 5.41) is 16.0. The Morgan fingerprint density at radius 3 is 2.96 bits per heavy atom. The van der Waals surface area contributed by atoms with Crippen LogP contribution in [-0.2, 0) is 0 Å². The number of nitrogens with one attached hydrogen (secondary N) is 3. The third kappa shape index (κ3) is 3.19. The summed E-state index contributed by atoms with van der Waals surface area (Å²) in [5.41, 5.74) is 1.97. The average Bonchev–Trinajstić information content (AvgIpc) is 3.11. The first-order chi connectivity index (χ1) is 12.3. The number of carbonyl (C=O) groups is 1. The molecule has 1 fully saturated rings. The topological polar surface area (TPSA) is 95.6 Å². The molecule has 3 aromatic rings. The first-order valence-corrected chi connectivity index (χ1v) is 9.65. The molecular formula is C17H20N6OS. The Kier molecular flexibility index (Phi) is 4.54. The second-order valence-corrected chi connectivity index (χ2v) is 7.03. The summed E-state index contributed by atoms with van der Waals surface area (Å²) in [7, 11) is 0. The lowest BCUT2D eigenvalue weighted by Crippen LogP contribution is -2.36. The molecule has 1 saturated heterocycles. The van der Waals surface area contributed by atoms with E-state index in [0.29, 0.717) is 28.8 Å². The Morgan fingerprint density at radius 1 is 1.32 bits per heavy atom. The minimum absolute atomic E-state index is 0.112. The van der Waals surface area contributed by atoms with Gasteiger partial charge in [-0.15, -0.1) is 0 Å². The molecule has 0 radical (unpaired) electrons. The lowest BCUT2D eigenvalue weighted by Gasteiger charge is -2.22. The van der Waals surface area contributed by atoms with Crippen LogP contribution in [0.2, 0.25) is 0 Å². The first kappa shape index (κ1) is 16.3. The van der Waals surface area contributed by atoms with E-state index in [1.165, 1.54) is 11.8 Å². The first-order valence-electron chi connectivity index (χ1n) is 8.43. The highest BCUT2D eigenvalue weighted by molar-refractivity contribution is 7.98. The Labute approximate surface area is 149 Å². The Balaban J connectivity index is 1.61. The normalized spacial score (nSPS) is 15.7. The third-order valence-corrected chi connectivity index (χ3v) is 5.23. The van der Waals surface area contributed by atoms with Crippen LogP contribution in [0.5, 0.6) is 0 Å². The maximum absolute atomic E-state index is 12.6. The molecule has 1 aliphatic rings. The molecule has 4 rings (SSSR count). The Morgan fingerprint density at radius 2 is 2.16 bits per heavy atom. The van der Waals surface area contributed by atoms with Gasteiger partial charge in [0, 0.05) is 23.5 Å². The number of benzene rings is 1. The summed E-state index contributed by atoms with van der Waals surface area (Å²) in [4.78, 5) is 21.4. The summed E-state index contributed by atoms with van der Waals surface area (Å²) in [6.07, 6.45) is 5.93. The van der Waals surface area contributed by atoms with Crippen LogP contribution >= 0.6 is 11.8 Å². The maximum atomic E-state index is 12.6. The van der Waals surface area contributed by atoms with Crippen molar-refractivity contribution in [1.82, 2.24) is 30.8 Å². The lowest BCUT2D eigenvalue weighted by molar-refractivity contribution is 0.0941. The molecular weight excluding hydrogens is 336 g/mol. The number of nitrogens with zero attached hydrogens (tertiary/aromatic N) is 3. The molecule has 0 atom stereocenters. The highest BCUT2D eigenvalue weighted by Gasteiger charge is 2.18. The predicted molar refractivity (Wildman–Crippen MR) is 98.9 cm³/mol. The average molecular weight is 356 g/mol. The van der Waals surface area contributed by atoms with Gasteiger partial charge in [0.15, 0.2) is 5.16 Å². The predicted octanol–water partition coefficient (Wildman–Crippen LogP) is 1.96. The Bertz CT molecular complexity index is 918. The molecule has 0 saturated carbocycles. The van der Waals surface area contributed by atoms with Crippen molar-refractivity contribution < 1.29 is 4.79 Å². The van der Waals surface area contributed by atoms with Gasteiger partial charge < -0.3 is 10.6 Å². The van der Waals surface area contributed by atoms with Gasteiger partial charge in [0.2, 0.25) is 0 Å². The van der Waals surface area contributed by atoms with Crippen molar-refractivity contribution in [1.29, 1.82) is 0 Å². The van der Waals surface area contributed by atoms with Crippen molar-refractivity contribution in [2.75, 3.05) is 25.9 Å². The van der Waals surface area contributed by atoms with Crippen LogP contribution in [0.1, 0.15) is 23.3 Å². The summed E-state index contributed by atoms with van der Waals surface area (Å²) < 4.78 is 0. The van der Waals surface area contributed by atoms with Gasteiger partial charge in [0.05, 0.1) is 0 Å². The van der Waals surface area contributed by atoms with Crippen molar-refractivity contribution in [2.24, 2.45) is 5.92 Å². The number of thioether (sulfide) groups is 1. The molecule has 2 aromatic heterocycles. The number of rotatable bonds is 4.